The van der Waals surface area contributed by atoms with Gasteiger partial charge in [-0.25, -0.2) is 0 Å². The lowest BCUT2D eigenvalue weighted by Crippen LogP contribution is -1.89. The van der Waals surface area contributed by atoms with Gasteiger partial charge in [-0.3, -0.25) is 4.79 Å². The number of hydrogen-bond donors (Lipinski definition) is 1. The molecule has 0 unspecified atom stereocenters. The first kappa shape index (κ1) is 4.56. The van der Waals surface area contributed by atoms with Crippen LogP contribution in [0.5, 0.6) is 0 Å². The molecular weight excluding hydrogens is 114 g/mol. The molecular formula is C7H5NO. The predicted molar refractivity (Wildman–Crippen MR) is 34.2 cm³/mol. The van der Waals surface area contributed by atoms with Crippen LogP contribution in [-0.4, -0.2) is 10.8 Å². The van der Waals surface area contributed by atoms with E-state index in [0.717, 1.165) is 11.3 Å². The topological polar surface area (TPSA) is 32.9 Å². The fourth-order valence-corrected chi connectivity index (χ4v) is 0.983. The van der Waals surface area contributed by atoms with Crippen molar-refractivity contribution in [2.45, 2.75) is 0 Å². The number of aromatic amines is 1. The van der Waals surface area contributed by atoms with Gasteiger partial charge >= 0.3 is 0 Å². The fraction of sp³-hybridized carbons (Fsp3) is 0. The van der Waals surface area contributed by atoms with Crippen LogP contribution in [0.25, 0.3) is 6.08 Å². The average Bonchev–Trinajstić information content (AvgIpc) is 2.35. The third kappa shape index (κ3) is 0.470. The van der Waals surface area contributed by atoms with Crippen LogP contribution >= 0.6 is 0 Å². The highest BCUT2D eigenvalue weighted by Gasteiger charge is 2.12. The van der Waals surface area contributed by atoms with Crippen LogP contribution in [0.1, 0.15) is 16.1 Å². The van der Waals surface area contributed by atoms with Gasteiger partial charge in [0.2, 0.25) is 5.78 Å². The Bertz CT molecular complexity index is 283. The van der Waals surface area contributed by atoms with Gasteiger partial charge in [-0.15, -0.1) is 0 Å². The van der Waals surface area contributed by atoms with Crippen LogP contribution in [0.15, 0.2) is 18.3 Å². The Hall–Kier alpha value is -1.31. The van der Waals surface area contributed by atoms with Gasteiger partial charge in [-0.2, -0.15) is 0 Å². The Labute approximate surface area is 52.2 Å². The summed E-state index contributed by atoms with van der Waals surface area (Å²) >= 11 is 0. The first-order valence-corrected chi connectivity index (χ1v) is 2.78. The zero-order valence-corrected chi connectivity index (χ0v) is 4.72. The van der Waals surface area contributed by atoms with E-state index in [9.17, 15) is 4.79 Å². The van der Waals surface area contributed by atoms with E-state index in [1.54, 1.807) is 12.3 Å². The minimum atomic E-state index is 0.0787. The van der Waals surface area contributed by atoms with Crippen molar-refractivity contribution in [2.75, 3.05) is 0 Å². The summed E-state index contributed by atoms with van der Waals surface area (Å²) in [5.41, 5.74) is 1.72. The second kappa shape index (κ2) is 1.35. The maximum absolute atomic E-state index is 10.8. The lowest BCUT2D eigenvalue weighted by molar-refractivity contribution is 0.104. The maximum Gasteiger partial charge on any atom is 0.202 e. The Balaban J connectivity index is 2.73. The van der Waals surface area contributed by atoms with Crippen LogP contribution in [0, 0.1) is 0 Å². The lowest BCUT2D eigenvalue weighted by Gasteiger charge is -1.81. The highest BCUT2D eigenvalue weighted by atomic mass is 16.1. The molecule has 2 rings (SSSR count). The average molecular weight is 119 g/mol. The molecule has 0 amide bonds. The number of ketones is 1. The van der Waals surface area contributed by atoms with Gasteiger partial charge in [0.25, 0.3) is 0 Å². The Morgan fingerprint density at radius 1 is 1.33 bits per heavy atom. The van der Waals surface area contributed by atoms with Gasteiger partial charge in [0, 0.05) is 11.8 Å². The SMILES string of the molecule is O=C1C=Cc2cc[nH]c21. The number of aromatic nitrogens is 1. The molecule has 0 spiro atoms. The second-order valence-electron chi connectivity index (χ2n) is 2.01. The van der Waals surface area contributed by atoms with E-state index in [1.165, 1.54) is 0 Å². The summed E-state index contributed by atoms with van der Waals surface area (Å²) in [7, 11) is 0. The summed E-state index contributed by atoms with van der Waals surface area (Å²) in [6.07, 6.45) is 5.15. The number of hydrogen-bond acceptors (Lipinski definition) is 1. The summed E-state index contributed by atoms with van der Waals surface area (Å²) in [5.74, 6) is 0.0787. The summed E-state index contributed by atoms with van der Waals surface area (Å²) in [4.78, 5) is 13.7. The van der Waals surface area contributed by atoms with E-state index in [0.29, 0.717) is 0 Å². The van der Waals surface area contributed by atoms with Crippen LogP contribution in [-0.2, 0) is 0 Å². The van der Waals surface area contributed by atoms with E-state index in [2.05, 4.69) is 4.98 Å². The Morgan fingerprint density at radius 3 is 3.00 bits per heavy atom. The molecule has 9 heavy (non-hydrogen) atoms. The number of fused-ring (bicyclic) bond motifs is 1. The van der Waals surface area contributed by atoms with Crippen molar-refractivity contribution in [3.8, 4) is 0 Å². The molecule has 44 valence electrons. The smallest absolute Gasteiger partial charge is 0.202 e. The summed E-state index contributed by atoms with van der Waals surface area (Å²) in [6, 6.07) is 1.89. The monoisotopic (exact) mass is 119 g/mol. The largest absolute Gasteiger partial charge is 0.358 e. The molecule has 2 heteroatoms. The van der Waals surface area contributed by atoms with E-state index in [1.807, 2.05) is 12.1 Å². The first-order chi connectivity index (χ1) is 4.38. The maximum atomic E-state index is 10.8. The number of nitrogens with one attached hydrogen (secondary N) is 1. The van der Waals surface area contributed by atoms with Crippen LogP contribution in [0.3, 0.4) is 0 Å². The third-order valence-corrected chi connectivity index (χ3v) is 1.44. The van der Waals surface area contributed by atoms with Gasteiger partial charge in [0.05, 0.1) is 5.69 Å². The summed E-state index contributed by atoms with van der Waals surface area (Å²) in [5, 5.41) is 0. The van der Waals surface area contributed by atoms with Crippen molar-refractivity contribution < 1.29 is 4.79 Å². The molecule has 1 aliphatic carbocycles. The number of carbonyl (C=O) groups is 1. The van der Waals surface area contributed by atoms with E-state index in [-0.39, 0.29) is 5.78 Å². The molecule has 1 heterocycles. The standard InChI is InChI=1S/C7H5NO/c9-6-2-1-5-3-4-8-7(5)6/h1-4,8H. The van der Waals surface area contributed by atoms with Crippen molar-refractivity contribution in [1.29, 1.82) is 0 Å². The molecule has 0 radical (unpaired) electrons. The second-order valence-corrected chi connectivity index (χ2v) is 2.01. The van der Waals surface area contributed by atoms with Gasteiger partial charge in [0.15, 0.2) is 0 Å². The Morgan fingerprint density at radius 2 is 2.22 bits per heavy atom. The number of rotatable bonds is 0. The minimum Gasteiger partial charge on any atom is -0.358 e. The van der Waals surface area contributed by atoms with Crippen LogP contribution < -0.4 is 0 Å². The van der Waals surface area contributed by atoms with E-state index in [4.69, 9.17) is 0 Å². The van der Waals surface area contributed by atoms with Crippen molar-refractivity contribution in [3.63, 3.8) is 0 Å². The van der Waals surface area contributed by atoms with Gasteiger partial charge < -0.3 is 4.98 Å². The number of carbonyl (C=O) groups excluding carboxylic acids is 1. The van der Waals surface area contributed by atoms with Crippen molar-refractivity contribution >= 4 is 11.9 Å². The molecule has 0 aliphatic heterocycles. The molecule has 0 atom stereocenters. The third-order valence-electron chi connectivity index (χ3n) is 1.44. The number of allylic oxidation sites excluding steroid dienone is 1. The van der Waals surface area contributed by atoms with Crippen molar-refractivity contribution in [3.05, 3.63) is 29.6 Å². The van der Waals surface area contributed by atoms with E-state index >= 15 is 0 Å². The van der Waals surface area contributed by atoms with Gasteiger partial charge in [-0.1, -0.05) is 0 Å². The highest BCUT2D eigenvalue weighted by Crippen LogP contribution is 2.16. The quantitative estimate of drug-likeness (QED) is 0.547. The molecule has 1 aliphatic rings. The lowest BCUT2D eigenvalue weighted by atomic mass is 10.3. The van der Waals surface area contributed by atoms with Crippen LogP contribution in [0.2, 0.25) is 0 Å². The zero-order valence-electron chi connectivity index (χ0n) is 4.72. The van der Waals surface area contributed by atoms with Crippen molar-refractivity contribution in [1.82, 2.24) is 4.98 Å². The number of H-pyrrole nitrogens is 1. The highest BCUT2D eigenvalue weighted by molar-refractivity contribution is 6.12. The first-order valence-electron chi connectivity index (χ1n) is 2.78. The molecule has 0 aromatic carbocycles. The summed E-state index contributed by atoms with van der Waals surface area (Å²) in [6.45, 7) is 0. The molecule has 0 bridgehead atoms. The predicted octanol–water partition coefficient (Wildman–Crippen LogP) is 1.22. The molecule has 1 aromatic heterocycles. The molecule has 0 saturated heterocycles. The Kier molecular flexibility index (Phi) is 0.681. The summed E-state index contributed by atoms with van der Waals surface area (Å²) < 4.78 is 0. The zero-order chi connectivity index (χ0) is 6.27. The normalized spacial score (nSPS) is 14.4. The van der Waals surface area contributed by atoms with Gasteiger partial charge in [0.1, 0.15) is 0 Å². The molecule has 1 N–H and O–H groups in total. The van der Waals surface area contributed by atoms with Gasteiger partial charge in [-0.05, 0) is 18.2 Å². The van der Waals surface area contributed by atoms with Crippen molar-refractivity contribution in [2.24, 2.45) is 0 Å². The molecule has 0 saturated carbocycles. The molecule has 2 nitrogen and oxygen atoms in total. The molecule has 0 fully saturated rings. The fourth-order valence-electron chi connectivity index (χ4n) is 0.983. The van der Waals surface area contributed by atoms with E-state index < -0.39 is 0 Å². The van der Waals surface area contributed by atoms with Crippen LogP contribution in [0.4, 0.5) is 0 Å². The molecule has 1 aromatic rings. The minimum absolute atomic E-state index is 0.0787.